The number of hydrogen-bond acceptors (Lipinski definition) is 5. The van der Waals surface area contributed by atoms with Crippen LogP contribution in [0.2, 0.25) is 0 Å². The van der Waals surface area contributed by atoms with E-state index in [0.29, 0.717) is 12.1 Å². The number of benzene rings is 1. The molecule has 0 saturated carbocycles. The molecular formula is C23H31N5O. The highest BCUT2D eigenvalue weighted by atomic mass is 16.2. The smallest absolute Gasteiger partial charge is 0.253 e. The van der Waals surface area contributed by atoms with Crippen LogP contribution < -0.4 is 10.2 Å². The fourth-order valence-electron chi connectivity index (χ4n) is 4.40. The summed E-state index contributed by atoms with van der Waals surface area (Å²) in [7, 11) is 0. The molecule has 2 aromatic rings. The lowest BCUT2D eigenvalue weighted by Gasteiger charge is -2.34. The number of nitrogens with zero attached hydrogens (tertiary/aromatic N) is 4. The molecule has 2 fully saturated rings. The number of nitrogens with one attached hydrogen (secondary N) is 1. The molecule has 2 aliphatic heterocycles. The molecular weight excluding hydrogens is 362 g/mol. The van der Waals surface area contributed by atoms with Crippen LogP contribution in [0.25, 0.3) is 0 Å². The van der Waals surface area contributed by atoms with Crippen molar-refractivity contribution in [2.45, 2.75) is 51.1 Å². The van der Waals surface area contributed by atoms with E-state index in [2.05, 4.69) is 33.2 Å². The third kappa shape index (κ3) is 4.93. The maximum Gasteiger partial charge on any atom is 0.253 e. The number of amides is 1. The van der Waals surface area contributed by atoms with E-state index in [4.69, 9.17) is 0 Å². The lowest BCUT2D eigenvalue weighted by atomic mass is 10.0. The number of piperidine rings is 1. The van der Waals surface area contributed by atoms with Crippen LogP contribution in [0.3, 0.4) is 0 Å². The molecule has 1 N–H and O–H groups in total. The average molecular weight is 394 g/mol. The standard InChI is InChI=1S/C23H31N5O/c1-2-6-20-15-22(25-17-24-20)28-14-11-21(16-28)26-19-9-12-27(13-10-19)23(29)18-7-4-3-5-8-18/h3-5,7-8,15,17,19,21,26H,2,6,9-14,16H2,1H3. The molecule has 0 bridgehead atoms. The Hall–Kier alpha value is -2.47. The maximum absolute atomic E-state index is 12.6. The Morgan fingerprint density at radius 3 is 2.59 bits per heavy atom. The van der Waals surface area contributed by atoms with Crippen molar-refractivity contribution in [1.29, 1.82) is 0 Å². The summed E-state index contributed by atoms with van der Waals surface area (Å²) in [4.78, 5) is 25.8. The highest BCUT2D eigenvalue weighted by Crippen LogP contribution is 2.21. The van der Waals surface area contributed by atoms with Gasteiger partial charge in [-0.25, -0.2) is 9.97 Å². The Morgan fingerprint density at radius 1 is 1.07 bits per heavy atom. The molecule has 6 nitrogen and oxygen atoms in total. The molecule has 1 atom stereocenters. The number of hydrogen-bond donors (Lipinski definition) is 1. The van der Waals surface area contributed by atoms with Gasteiger partial charge in [-0.15, -0.1) is 0 Å². The van der Waals surface area contributed by atoms with Crippen molar-refractivity contribution in [3.05, 3.63) is 54.0 Å². The van der Waals surface area contributed by atoms with Crippen molar-refractivity contribution < 1.29 is 4.79 Å². The third-order valence-corrected chi connectivity index (χ3v) is 6.00. The van der Waals surface area contributed by atoms with Crippen molar-refractivity contribution >= 4 is 11.7 Å². The predicted octanol–water partition coefficient (Wildman–Crippen LogP) is 2.90. The fraction of sp³-hybridized carbons (Fsp3) is 0.522. The molecule has 2 saturated heterocycles. The second-order valence-corrected chi connectivity index (χ2v) is 8.15. The molecule has 1 aromatic heterocycles. The lowest BCUT2D eigenvalue weighted by molar-refractivity contribution is 0.0702. The van der Waals surface area contributed by atoms with E-state index >= 15 is 0 Å². The zero-order chi connectivity index (χ0) is 20.1. The quantitative estimate of drug-likeness (QED) is 0.818. The van der Waals surface area contributed by atoms with Crippen LogP contribution in [0.1, 0.15) is 48.7 Å². The molecule has 1 aromatic carbocycles. The van der Waals surface area contributed by atoms with E-state index in [9.17, 15) is 4.79 Å². The second kappa shape index (κ2) is 9.35. The van der Waals surface area contributed by atoms with Gasteiger partial charge in [-0.1, -0.05) is 31.5 Å². The summed E-state index contributed by atoms with van der Waals surface area (Å²) in [6, 6.07) is 12.7. The molecule has 1 unspecified atom stereocenters. The van der Waals surface area contributed by atoms with Crippen LogP contribution in [0.4, 0.5) is 5.82 Å². The van der Waals surface area contributed by atoms with Gasteiger partial charge < -0.3 is 15.1 Å². The highest BCUT2D eigenvalue weighted by molar-refractivity contribution is 5.94. The lowest BCUT2D eigenvalue weighted by Crippen LogP contribution is -2.48. The number of carbonyl (C=O) groups is 1. The molecule has 154 valence electrons. The van der Waals surface area contributed by atoms with Gasteiger partial charge in [0.1, 0.15) is 12.1 Å². The zero-order valence-corrected chi connectivity index (χ0v) is 17.3. The van der Waals surface area contributed by atoms with Crippen LogP contribution in [0, 0.1) is 0 Å². The van der Waals surface area contributed by atoms with Gasteiger partial charge >= 0.3 is 0 Å². The fourth-order valence-corrected chi connectivity index (χ4v) is 4.40. The van der Waals surface area contributed by atoms with Crippen molar-refractivity contribution in [2.75, 3.05) is 31.1 Å². The maximum atomic E-state index is 12.6. The second-order valence-electron chi connectivity index (χ2n) is 8.15. The van der Waals surface area contributed by atoms with Crippen molar-refractivity contribution in [1.82, 2.24) is 20.2 Å². The Balaban J connectivity index is 1.25. The first kappa shape index (κ1) is 19.8. The summed E-state index contributed by atoms with van der Waals surface area (Å²) >= 11 is 0. The first-order valence-electron chi connectivity index (χ1n) is 10.9. The Morgan fingerprint density at radius 2 is 1.83 bits per heavy atom. The number of aromatic nitrogens is 2. The van der Waals surface area contributed by atoms with Gasteiger partial charge in [0, 0.05) is 55.6 Å². The number of aryl methyl sites for hydroxylation is 1. The largest absolute Gasteiger partial charge is 0.355 e. The molecule has 1 amide bonds. The highest BCUT2D eigenvalue weighted by Gasteiger charge is 2.29. The normalized spacial score (nSPS) is 20.2. The Bertz CT molecular complexity index is 804. The average Bonchev–Trinajstić information content (AvgIpc) is 3.23. The summed E-state index contributed by atoms with van der Waals surface area (Å²) in [5.41, 5.74) is 1.92. The van der Waals surface area contributed by atoms with Gasteiger partial charge in [0.05, 0.1) is 0 Å². The summed E-state index contributed by atoms with van der Waals surface area (Å²) < 4.78 is 0. The minimum Gasteiger partial charge on any atom is -0.355 e. The van der Waals surface area contributed by atoms with Crippen LogP contribution in [-0.2, 0) is 6.42 Å². The van der Waals surface area contributed by atoms with Crippen LogP contribution in [0.5, 0.6) is 0 Å². The molecule has 29 heavy (non-hydrogen) atoms. The van der Waals surface area contributed by atoms with E-state index in [1.54, 1.807) is 6.33 Å². The van der Waals surface area contributed by atoms with E-state index in [-0.39, 0.29) is 5.91 Å². The monoisotopic (exact) mass is 393 g/mol. The molecule has 0 spiro atoms. The van der Waals surface area contributed by atoms with E-state index < -0.39 is 0 Å². The molecule has 0 aliphatic carbocycles. The first-order chi connectivity index (χ1) is 14.2. The minimum atomic E-state index is 0.155. The van der Waals surface area contributed by atoms with E-state index in [0.717, 1.165) is 75.4 Å². The Labute approximate surface area is 173 Å². The van der Waals surface area contributed by atoms with E-state index in [1.165, 1.54) is 0 Å². The first-order valence-corrected chi connectivity index (χ1v) is 10.9. The van der Waals surface area contributed by atoms with E-state index in [1.807, 2.05) is 35.2 Å². The number of carbonyl (C=O) groups excluding carboxylic acids is 1. The summed E-state index contributed by atoms with van der Waals surface area (Å²) in [5, 5.41) is 3.83. The third-order valence-electron chi connectivity index (χ3n) is 6.00. The topological polar surface area (TPSA) is 61.4 Å². The SMILES string of the molecule is CCCc1cc(N2CCC(NC3CCN(C(=O)c4ccccc4)CC3)C2)ncn1. The summed E-state index contributed by atoms with van der Waals surface area (Å²) in [6.07, 6.45) is 6.97. The van der Waals surface area contributed by atoms with Gasteiger partial charge in [0.25, 0.3) is 5.91 Å². The predicted molar refractivity (Wildman–Crippen MR) is 115 cm³/mol. The van der Waals surface area contributed by atoms with Crippen molar-refractivity contribution in [3.8, 4) is 0 Å². The van der Waals surface area contributed by atoms with Crippen LogP contribution in [-0.4, -0.2) is 59.0 Å². The minimum absolute atomic E-state index is 0.155. The number of likely N-dealkylation sites (tertiary alicyclic amines) is 1. The summed E-state index contributed by atoms with van der Waals surface area (Å²) in [5.74, 6) is 1.21. The molecule has 2 aliphatic rings. The van der Waals surface area contributed by atoms with Crippen molar-refractivity contribution in [3.63, 3.8) is 0 Å². The molecule has 6 heteroatoms. The van der Waals surface area contributed by atoms with Gasteiger partial charge in [-0.3, -0.25) is 4.79 Å². The zero-order valence-electron chi connectivity index (χ0n) is 17.3. The van der Waals surface area contributed by atoms with Crippen LogP contribution >= 0.6 is 0 Å². The van der Waals surface area contributed by atoms with Gasteiger partial charge in [-0.05, 0) is 37.8 Å². The van der Waals surface area contributed by atoms with Gasteiger partial charge in [-0.2, -0.15) is 0 Å². The Kier molecular flexibility index (Phi) is 6.39. The van der Waals surface area contributed by atoms with Gasteiger partial charge in [0.2, 0.25) is 0 Å². The number of anilines is 1. The van der Waals surface area contributed by atoms with Gasteiger partial charge in [0.15, 0.2) is 0 Å². The number of rotatable bonds is 6. The summed E-state index contributed by atoms with van der Waals surface area (Å²) in [6.45, 7) is 5.86. The molecule has 3 heterocycles. The van der Waals surface area contributed by atoms with Crippen LogP contribution in [0.15, 0.2) is 42.7 Å². The molecule has 4 rings (SSSR count). The van der Waals surface area contributed by atoms with Crippen molar-refractivity contribution in [2.24, 2.45) is 0 Å². The molecule has 0 radical (unpaired) electrons.